The highest BCUT2D eigenvalue weighted by atomic mass is 127. The number of halogens is 1. The fourth-order valence-electron chi connectivity index (χ4n) is 0.797. The van der Waals surface area contributed by atoms with Gasteiger partial charge in [0.1, 0.15) is 12.3 Å². The maximum absolute atomic E-state index is 11.0. The van der Waals surface area contributed by atoms with E-state index >= 15 is 0 Å². The Labute approximate surface area is 99.3 Å². The molecule has 0 aliphatic rings. The summed E-state index contributed by atoms with van der Waals surface area (Å²) in [7, 11) is 0. The number of nitrogens with one attached hydrogen (secondary N) is 1. The second-order valence-electron chi connectivity index (χ2n) is 2.59. The molecular weight excluding hydrogens is 313 g/mol. The maximum atomic E-state index is 11.0. The van der Waals surface area contributed by atoms with Crippen molar-refractivity contribution in [2.75, 3.05) is 6.54 Å². The first-order chi connectivity index (χ1) is 7.08. The van der Waals surface area contributed by atoms with E-state index in [2.05, 4.69) is 5.32 Å². The van der Waals surface area contributed by atoms with Crippen LogP contribution in [0.3, 0.4) is 0 Å². The molecule has 2 N–H and O–H groups in total. The molecule has 0 aromatic carbocycles. The van der Waals surface area contributed by atoms with E-state index in [1.165, 1.54) is 12.2 Å². The number of hydrogen-bond acceptors (Lipinski definition) is 3. The molecule has 0 radical (unpaired) electrons. The van der Waals surface area contributed by atoms with E-state index < -0.39 is 18.4 Å². The predicted molar refractivity (Wildman–Crippen MR) is 61.1 cm³/mol. The topological polar surface area (TPSA) is 79.5 Å². The van der Waals surface area contributed by atoms with Crippen molar-refractivity contribution in [2.24, 2.45) is 0 Å². The summed E-state index contributed by atoms with van der Waals surface area (Å²) in [6, 6.07) is 3.47. The minimum Gasteiger partial charge on any atom is -0.480 e. The molecule has 0 aliphatic heterocycles. The van der Waals surface area contributed by atoms with Crippen LogP contribution in [-0.4, -0.2) is 23.5 Å². The normalized spacial score (nSPS) is 10.5. The number of amides is 1. The Kier molecular flexibility index (Phi) is 4.35. The molecule has 5 nitrogen and oxygen atoms in total. The van der Waals surface area contributed by atoms with Crippen LogP contribution < -0.4 is 5.32 Å². The summed E-state index contributed by atoms with van der Waals surface area (Å²) in [6.07, 6.45) is 2.69. The van der Waals surface area contributed by atoms with Gasteiger partial charge in [0.25, 0.3) is 0 Å². The Morgan fingerprint density at radius 2 is 2.27 bits per heavy atom. The van der Waals surface area contributed by atoms with Crippen molar-refractivity contribution >= 4 is 40.5 Å². The second-order valence-corrected chi connectivity index (χ2v) is 3.65. The lowest BCUT2D eigenvalue weighted by Gasteiger charge is -1.94. The molecule has 6 heteroatoms. The number of carboxylic acid groups (broad SMARTS) is 1. The number of aliphatic carboxylic acids is 1. The monoisotopic (exact) mass is 321 g/mol. The smallest absolute Gasteiger partial charge is 0.322 e. The summed E-state index contributed by atoms with van der Waals surface area (Å²) in [6.45, 7) is -0.390. The molecule has 1 aromatic heterocycles. The van der Waals surface area contributed by atoms with Gasteiger partial charge < -0.3 is 14.8 Å². The number of carboxylic acids is 1. The molecule has 0 saturated carbocycles. The zero-order chi connectivity index (χ0) is 11.3. The average Bonchev–Trinajstić information content (AvgIpc) is 2.58. The Bertz CT molecular complexity index is 397. The third-order valence-electron chi connectivity index (χ3n) is 1.41. The lowest BCUT2D eigenvalue weighted by atomic mass is 10.4. The zero-order valence-electron chi connectivity index (χ0n) is 7.57. The fraction of sp³-hybridized carbons (Fsp3) is 0.111. The van der Waals surface area contributed by atoms with Crippen molar-refractivity contribution in [1.82, 2.24) is 5.32 Å². The van der Waals surface area contributed by atoms with Crippen LogP contribution in [-0.2, 0) is 9.59 Å². The molecule has 1 heterocycles. The van der Waals surface area contributed by atoms with E-state index in [-0.39, 0.29) is 0 Å². The van der Waals surface area contributed by atoms with Gasteiger partial charge in [-0.1, -0.05) is 0 Å². The van der Waals surface area contributed by atoms with Gasteiger partial charge in [-0.2, -0.15) is 0 Å². The Morgan fingerprint density at radius 1 is 1.53 bits per heavy atom. The molecule has 0 fully saturated rings. The molecule has 1 aromatic rings. The molecule has 0 saturated heterocycles. The van der Waals surface area contributed by atoms with Gasteiger partial charge in [0.15, 0.2) is 3.77 Å². The van der Waals surface area contributed by atoms with E-state index in [0.29, 0.717) is 5.76 Å². The van der Waals surface area contributed by atoms with Gasteiger partial charge >= 0.3 is 5.97 Å². The molecule has 0 bridgehead atoms. The minimum atomic E-state index is -1.08. The van der Waals surface area contributed by atoms with Crippen molar-refractivity contribution in [3.8, 4) is 0 Å². The summed E-state index contributed by atoms with van der Waals surface area (Å²) >= 11 is 2.00. The maximum Gasteiger partial charge on any atom is 0.322 e. The summed E-state index contributed by atoms with van der Waals surface area (Å²) < 4.78 is 5.88. The van der Waals surface area contributed by atoms with Crippen molar-refractivity contribution in [3.63, 3.8) is 0 Å². The largest absolute Gasteiger partial charge is 0.480 e. The lowest BCUT2D eigenvalue weighted by molar-refractivity contribution is -0.137. The highest BCUT2D eigenvalue weighted by molar-refractivity contribution is 14.1. The Hall–Kier alpha value is -1.31. The summed E-state index contributed by atoms with van der Waals surface area (Å²) in [4.78, 5) is 21.1. The number of carbonyl (C=O) groups is 2. The van der Waals surface area contributed by atoms with Crippen LogP contribution in [0.4, 0.5) is 0 Å². The summed E-state index contributed by atoms with van der Waals surface area (Å²) in [5.41, 5.74) is 0. The highest BCUT2D eigenvalue weighted by Crippen LogP contribution is 2.10. The fourth-order valence-corrected chi connectivity index (χ4v) is 1.23. The molecule has 80 valence electrons. The van der Waals surface area contributed by atoms with Crippen LogP contribution in [0, 0.1) is 3.77 Å². The first kappa shape index (κ1) is 11.8. The lowest BCUT2D eigenvalue weighted by Crippen LogP contribution is -2.27. The van der Waals surface area contributed by atoms with Crippen LogP contribution in [0.5, 0.6) is 0 Å². The molecular formula is C9H8INO4. The van der Waals surface area contributed by atoms with Crippen LogP contribution in [0.15, 0.2) is 22.6 Å². The van der Waals surface area contributed by atoms with E-state index in [1.807, 2.05) is 22.6 Å². The van der Waals surface area contributed by atoms with Crippen LogP contribution in [0.1, 0.15) is 5.76 Å². The van der Waals surface area contributed by atoms with Gasteiger partial charge in [-0.15, -0.1) is 0 Å². The highest BCUT2D eigenvalue weighted by Gasteiger charge is 2.00. The minimum absolute atomic E-state index is 0.390. The molecule has 15 heavy (non-hydrogen) atoms. The molecule has 1 amide bonds. The first-order valence-corrected chi connectivity index (χ1v) is 5.09. The molecule has 1 rings (SSSR count). The number of furan rings is 1. The Morgan fingerprint density at radius 3 is 2.80 bits per heavy atom. The number of rotatable bonds is 4. The van der Waals surface area contributed by atoms with E-state index in [1.54, 1.807) is 12.1 Å². The van der Waals surface area contributed by atoms with E-state index in [0.717, 1.165) is 3.77 Å². The molecule has 0 aliphatic carbocycles. The molecule has 0 spiro atoms. The first-order valence-electron chi connectivity index (χ1n) is 4.01. The summed E-state index contributed by atoms with van der Waals surface area (Å²) in [5.74, 6) is -1.00. The zero-order valence-corrected chi connectivity index (χ0v) is 9.72. The van der Waals surface area contributed by atoms with Crippen LogP contribution in [0.2, 0.25) is 0 Å². The van der Waals surface area contributed by atoms with Gasteiger partial charge in [0.05, 0.1) is 0 Å². The standard InChI is InChI=1S/C9H8INO4/c10-7-3-1-6(15-7)2-4-8(12)11-5-9(13)14/h1-4H,5H2,(H,11,12)(H,13,14)/b4-2+. The van der Waals surface area contributed by atoms with Crippen molar-refractivity contribution in [2.45, 2.75) is 0 Å². The molecule has 0 unspecified atom stereocenters. The van der Waals surface area contributed by atoms with Crippen molar-refractivity contribution in [1.29, 1.82) is 0 Å². The van der Waals surface area contributed by atoms with E-state index in [4.69, 9.17) is 9.52 Å². The second kappa shape index (κ2) is 5.54. The summed E-state index contributed by atoms with van der Waals surface area (Å²) in [5, 5.41) is 10.5. The van der Waals surface area contributed by atoms with Gasteiger partial charge in [-0.25, -0.2) is 0 Å². The SMILES string of the molecule is O=C(O)CNC(=O)/C=C/c1ccc(I)o1. The van der Waals surface area contributed by atoms with Gasteiger partial charge in [-0.05, 0) is 40.8 Å². The quantitative estimate of drug-likeness (QED) is 0.643. The van der Waals surface area contributed by atoms with Crippen LogP contribution >= 0.6 is 22.6 Å². The predicted octanol–water partition coefficient (Wildman–Crippen LogP) is 1.10. The Balaban J connectivity index is 2.44. The van der Waals surface area contributed by atoms with Gasteiger partial charge in [-0.3, -0.25) is 9.59 Å². The van der Waals surface area contributed by atoms with Gasteiger partial charge in [0, 0.05) is 6.08 Å². The van der Waals surface area contributed by atoms with Crippen molar-refractivity contribution < 1.29 is 19.1 Å². The van der Waals surface area contributed by atoms with E-state index in [9.17, 15) is 9.59 Å². The third kappa shape index (κ3) is 4.63. The number of carbonyl (C=O) groups excluding carboxylic acids is 1. The molecule has 0 atom stereocenters. The van der Waals surface area contributed by atoms with Gasteiger partial charge in [0.2, 0.25) is 5.91 Å². The van der Waals surface area contributed by atoms with Crippen molar-refractivity contribution in [3.05, 3.63) is 27.7 Å². The third-order valence-corrected chi connectivity index (χ3v) is 1.99. The average molecular weight is 321 g/mol. The number of hydrogen-bond donors (Lipinski definition) is 2. The van der Waals surface area contributed by atoms with Crippen LogP contribution in [0.25, 0.3) is 6.08 Å².